The van der Waals surface area contributed by atoms with Gasteiger partial charge in [-0.1, -0.05) is 18.1 Å². The number of benzene rings is 1. The van der Waals surface area contributed by atoms with Crippen molar-refractivity contribution in [3.05, 3.63) is 59.5 Å². The summed E-state index contributed by atoms with van der Waals surface area (Å²) in [6.07, 6.45) is 3.60. The number of aliphatic hydroxyl groups is 1. The number of nitrogens with zero attached hydrogens (tertiary/aromatic N) is 5. The molecule has 3 aromatic rings. The number of carbonyl (C=O) groups is 3. The molecular weight excluding hydrogens is 518 g/mol. The third-order valence-corrected chi connectivity index (χ3v) is 6.80. The van der Waals surface area contributed by atoms with E-state index < -0.39 is 24.1 Å². The van der Waals surface area contributed by atoms with Crippen LogP contribution in [0.25, 0.3) is 0 Å². The number of hydrogen-bond acceptors (Lipinski definition) is 9. The van der Waals surface area contributed by atoms with Crippen LogP contribution in [0.2, 0.25) is 0 Å². The van der Waals surface area contributed by atoms with Gasteiger partial charge in [0, 0.05) is 31.9 Å². The lowest BCUT2D eigenvalue weighted by atomic mass is 9.99. The SMILES string of the molecule is Cc1noc(C)c1NC(=O)N(C)C[C@H]1Oc2c(NC(=O)c3cnccn3)cccc2C(=O)N([C@@H](C)CO)C[C@@H]1C. The van der Waals surface area contributed by atoms with Crippen molar-refractivity contribution < 1.29 is 28.8 Å². The smallest absolute Gasteiger partial charge is 0.321 e. The molecule has 0 aliphatic carbocycles. The summed E-state index contributed by atoms with van der Waals surface area (Å²) in [5, 5.41) is 19.3. The molecule has 0 fully saturated rings. The van der Waals surface area contributed by atoms with Crippen LogP contribution >= 0.6 is 0 Å². The fourth-order valence-electron chi connectivity index (χ4n) is 4.38. The van der Waals surface area contributed by atoms with Crippen molar-refractivity contribution in [2.75, 3.05) is 37.4 Å². The van der Waals surface area contributed by atoms with Crippen molar-refractivity contribution in [3.63, 3.8) is 0 Å². The number of likely N-dealkylation sites (N-methyl/N-ethyl adjacent to an activating group) is 1. The second-order valence-corrected chi connectivity index (χ2v) is 9.86. The number of rotatable bonds is 7. The average molecular weight is 552 g/mol. The fraction of sp³-hybridized carbons (Fsp3) is 0.407. The first-order valence-corrected chi connectivity index (χ1v) is 12.8. The first kappa shape index (κ1) is 28.5. The Labute approximate surface area is 231 Å². The van der Waals surface area contributed by atoms with Crippen LogP contribution in [0, 0.1) is 19.8 Å². The highest BCUT2D eigenvalue weighted by molar-refractivity contribution is 6.06. The van der Waals surface area contributed by atoms with Crippen LogP contribution in [-0.2, 0) is 0 Å². The first-order valence-electron chi connectivity index (χ1n) is 12.8. The molecule has 13 heteroatoms. The minimum absolute atomic E-state index is 0.0912. The van der Waals surface area contributed by atoms with Crippen LogP contribution in [0.1, 0.15) is 46.1 Å². The number of anilines is 2. The largest absolute Gasteiger partial charge is 0.485 e. The predicted octanol–water partition coefficient (Wildman–Crippen LogP) is 2.72. The molecule has 2 aromatic heterocycles. The maximum absolute atomic E-state index is 13.6. The van der Waals surface area contributed by atoms with Crippen LogP contribution in [0.3, 0.4) is 0 Å². The molecule has 1 aromatic carbocycles. The molecule has 0 bridgehead atoms. The van der Waals surface area contributed by atoms with E-state index in [1.807, 2.05) is 6.92 Å². The number of carbonyl (C=O) groups excluding carboxylic acids is 3. The summed E-state index contributed by atoms with van der Waals surface area (Å²) in [5.74, 6) is -0.484. The van der Waals surface area contributed by atoms with Gasteiger partial charge in [0.05, 0.1) is 36.6 Å². The second-order valence-electron chi connectivity index (χ2n) is 9.86. The van der Waals surface area contributed by atoms with Crippen molar-refractivity contribution >= 4 is 29.2 Å². The van der Waals surface area contributed by atoms with E-state index in [1.165, 1.54) is 23.5 Å². The maximum Gasteiger partial charge on any atom is 0.321 e. The molecule has 3 atom stereocenters. The summed E-state index contributed by atoms with van der Waals surface area (Å²) in [4.78, 5) is 50.6. The van der Waals surface area contributed by atoms with E-state index in [1.54, 1.807) is 50.9 Å². The van der Waals surface area contributed by atoms with Crippen LogP contribution in [0.5, 0.6) is 5.75 Å². The van der Waals surface area contributed by atoms with Gasteiger partial charge in [-0.3, -0.25) is 14.6 Å². The van der Waals surface area contributed by atoms with Crippen molar-refractivity contribution in [2.24, 2.45) is 5.92 Å². The van der Waals surface area contributed by atoms with E-state index in [9.17, 15) is 19.5 Å². The number of urea groups is 1. The Morgan fingerprint density at radius 1 is 1.25 bits per heavy atom. The molecular formula is C27H33N7O6. The number of aryl methyl sites for hydroxylation is 2. The van der Waals surface area contributed by atoms with E-state index in [2.05, 4.69) is 25.8 Å². The Bertz CT molecular complexity index is 1360. The summed E-state index contributed by atoms with van der Waals surface area (Å²) < 4.78 is 11.6. The van der Waals surface area contributed by atoms with Crippen molar-refractivity contribution in [3.8, 4) is 5.75 Å². The average Bonchev–Trinajstić information content (AvgIpc) is 3.27. The molecule has 3 heterocycles. The van der Waals surface area contributed by atoms with Crippen LogP contribution in [-0.4, -0.2) is 86.8 Å². The summed E-state index contributed by atoms with van der Waals surface area (Å²) in [5.41, 5.74) is 1.63. The van der Waals surface area contributed by atoms with Gasteiger partial charge in [-0.25, -0.2) is 9.78 Å². The second kappa shape index (κ2) is 12.1. The summed E-state index contributed by atoms with van der Waals surface area (Å²) in [7, 11) is 1.63. The molecule has 0 radical (unpaired) electrons. The van der Waals surface area contributed by atoms with Gasteiger partial charge in [-0.05, 0) is 32.9 Å². The van der Waals surface area contributed by atoms with Gasteiger partial charge in [0.15, 0.2) is 11.5 Å². The zero-order valence-electron chi connectivity index (χ0n) is 23.0. The van der Waals surface area contributed by atoms with Gasteiger partial charge in [0.25, 0.3) is 11.8 Å². The number of nitrogens with one attached hydrogen (secondary N) is 2. The lowest BCUT2D eigenvalue weighted by Gasteiger charge is -2.38. The molecule has 4 rings (SSSR count). The van der Waals surface area contributed by atoms with Crippen LogP contribution in [0.15, 0.2) is 41.3 Å². The minimum atomic E-state index is -0.588. The highest BCUT2D eigenvalue weighted by Crippen LogP contribution is 2.35. The Kier molecular flexibility index (Phi) is 8.63. The van der Waals surface area contributed by atoms with Gasteiger partial charge >= 0.3 is 6.03 Å². The van der Waals surface area contributed by atoms with E-state index >= 15 is 0 Å². The van der Waals surface area contributed by atoms with Gasteiger partial charge in [-0.2, -0.15) is 0 Å². The topological polar surface area (TPSA) is 163 Å². The molecule has 40 heavy (non-hydrogen) atoms. The Morgan fingerprint density at radius 3 is 2.67 bits per heavy atom. The molecule has 1 aliphatic rings. The normalized spacial score (nSPS) is 17.6. The number of amides is 4. The third kappa shape index (κ3) is 6.04. The Hall–Kier alpha value is -4.52. The summed E-state index contributed by atoms with van der Waals surface area (Å²) >= 11 is 0. The fourth-order valence-corrected chi connectivity index (χ4v) is 4.38. The number of ether oxygens (including phenoxy) is 1. The number of aliphatic hydroxyl groups excluding tert-OH is 1. The van der Waals surface area contributed by atoms with Crippen LogP contribution in [0.4, 0.5) is 16.2 Å². The zero-order valence-corrected chi connectivity index (χ0v) is 23.0. The minimum Gasteiger partial charge on any atom is -0.485 e. The molecule has 212 valence electrons. The standard InChI is InChI=1S/C27H33N7O6/c1-15-12-34(16(2)14-35)26(37)19-7-6-8-20(30-25(36)21-11-28-9-10-29-21)24(19)39-22(15)13-33(5)27(38)31-23-17(3)32-40-18(23)4/h6-11,15-16,22,35H,12-14H2,1-5H3,(H,30,36)(H,31,38)/t15-,16-,22+/m0/s1. The number of para-hydroxylation sites is 1. The lowest BCUT2D eigenvalue weighted by molar-refractivity contribution is 0.0372. The summed E-state index contributed by atoms with van der Waals surface area (Å²) in [6.45, 7) is 7.29. The Balaban J connectivity index is 1.66. The van der Waals surface area contributed by atoms with Gasteiger partial charge in [0.2, 0.25) is 0 Å². The van der Waals surface area contributed by atoms with E-state index in [4.69, 9.17) is 9.26 Å². The molecule has 13 nitrogen and oxygen atoms in total. The summed E-state index contributed by atoms with van der Waals surface area (Å²) in [6, 6.07) is 4.00. The monoisotopic (exact) mass is 551 g/mol. The zero-order chi connectivity index (χ0) is 29.0. The molecule has 0 spiro atoms. The van der Waals surface area contributed by atoms with Crippen LogP contribution < -0.4 is 15.4 Å². The van der Waals surface area contributed by atoms with E-state index in [-0.39, 0.29) is 54.2 Å². The molecule has 1 aliphatic heterocycles. The number of hydrogen-bond donors (Lipinski definition) is 3. The maximum atomic E-state index is 13.6. The van der Waals surface area contributed by atoms with Gasteiger partial charge < -0.3 is 34.8 Å². The lowest BCUT2D eigenvalue weighted by Crippen LogP contribution is -2.50. The van der Waals surface area contributed by atoms with Crippen molar-refractivity contribution in [2.45, 2.75) is 39.8 Å². The number of fused-ring (bicyclic) bond motifs is 1. The predicted molar refractivity (Wildman–Crippen MR) is 145 cm³/mol. The molecule has 0 saturated carbocycles. The van der Waals surface area contributed by atoms with E-state index in [0.29, 0.717) is 17.1 Å². The van der Waals surface area contributed by atoms with E-state index in [0.717, 1.165) is 0 Å². The van der Waals surface area contributed by atoms with Gasteiger partial charge in [-0.15, -0.1) is 0 Å². The van der Waals surface area contributed by atoms with Crippen molar-refractivity contribution in [1.82, 2.24) is 24.9 Å². The molecule has 0 saturated heterocycles. The quantitative estimate of drug-likeness (QED) is 0.401. The highest BCUT2D eigenvalue weighted by atomic mass is 16.5. The third-order valence-electron chi connectivity index (χ3n) is 6.80. The molecule has 0 unspecified atom stereocenters. The molecule has 3 N–H and O–H groups in total. The molecule has 4 amide bonds. The first-order chi connectivity index (χ1) is 19.1. The number of aromatic nitrogens is 3. The van der Waals surface area contributed by atoms with Crippen molar-refractivity contribution in [1.29, 1.82) is 0 Å². The Morgan fingerprint density at radius 2 is 2.02 bits per heavy atom. The van der Waals surface area contributed by atoms with Gasteiger partial charge in [0.1, 0.15) is 23.2 Å². The highest BCUT2D eigenvalue weighted by Gasteiger charge is 2.35.